The van der Waals surface area contributed by atoms with Gasteiger partial charge in [0, 0.05) is 23.0 Å². The first-order chi connectivity index (χ1) is 12.8. The number of benzene rings is 2. The van der Waals surface area contributed by atoms with E-state index in [1.54, 1.807) is 30.3 Å². The number of imide groups is 2. The summed E-state index contributed by atoms with van der Waals surface area (Å²) >= 11 is 6.79. The fourth-order valence-electron chi connectivity index (χ4n) is 2.62. The quantitative estimate of drug-likeness (QED) is 0.520. The number of halogens is 2. The van der Waals surface area contributed by atoms with E-state index in [0.717, 1.165) is 19.5 Å². The van der Waals surface area contributed by atoms with Crippen LogP contribution in [0.5, 0.6) is 0 Å². The summed E-state index contributed by atoms with van der Waals surface area (Å²) in [5.41, 5.74) is 1.89. The van der Waals surface area contributed by atoms with E-state index in [0.29, 0.717) is 11.3 Å². The Morgan fingerprint density at radius 1 is 1.00 bits per heavy atom. The van der Waals surface area contributed by atoms with Gasteiger partial charge in [-0.2, -0.15) is 0 Å². The van der Waals surface area contributed by atoms with Crippen LogP contribution in [0.3, 0.4) is 0 Å². The molecule has 2 aromatic rings. The monoisotopic (exact) mass is 491 g/mol. The maximum atomic E-state index is 12.8. The van der Waals surface area contributed by atoms with Crippen LogP contribution in [0.15, 0.2) is 57.0 Å². The first-order valence-electron chi connectivity index (χ1n) is 7.92. The third kappa shape index (κ3) is 3.96. The Morgan fingerprint density at radius 2 is 1.67 bits per heavy atom. The molecule has 3 rings (SSSR count). The summed E-state index contributed by atoms with van der Waals surface area (Å²) in [5.74, 6) is -1.38. The van der Waals surface area contributed by atoms with Crippen LogP contribution in [0.2, 0.25) is 0 Å². The summed E-state index contributed by atoms with van der Waals surface area (Å²) in [6.07, 6.45) is 1.47. The zero-order chi connectivity index (χ0) is 19.7. The minimum atomic E-state index is -0.770. The van der Waals surface area contributed by atoms with E-state index < -0.39 is 17.8 Å². The number of urea groups is 1. The van der Waals surface area contributed by atoms with Crippen molar-refractivity contribution in [2.24, 2.45) is 0 Å². The summed E-state index contributed by atoms with van der Waals surface area (Å²) in [4.78, 5) is 40.2. The van der Waals surface area contributed by atoms with E-state index in [9.17, 15) is 14.4 Å². The lowest BCUT2D eigenvalue weighted by atomic mass is 10.1. The van der Waals surface area contributed by atoms with Gasteiger partial charge in [0.15, 0.2) is 0 Å². The van der Waals surface area contributed by atoms with Crippen LogP contribution in [0.4, 0.5) is 16.2 Å². The van der Waals surface area contributed by atoms with Crippen LogP contribution in [0.1, 0.15) is 5.56 Å². The fourth-order valence-corrected chi connectivity index (χ4v) is 3.64. The lowest BCUT2D eigenvalue weighted by Gasteiger charge is -2.26. The molecule has 6 nitrogen and oxygen atoms in total. The number of hydrogen-bond acceptors (Lipinski definition) is 4. The van der Waals surface area contributed by atoms with Crippen molar-refractivity contribution in [3.8, 4) is 0 Å². The van der Waals surface area contributed by atoms with Gasteiger partial charge < -0.3 is 4.90 Å². The summed E-state index contributed by atoms with van der Waals surface area (Å²) in [6.45, 7) is 0. The van der Waals surface area contributed by atoms with E-state index in [1.807, 2.05) is 31.1 Å². The first kappa shape index (κ1) is 19.3. The third-order valence-electron chi connectivity index (χ3n) is 3.95. The number of hydrogen-bond donors (Lipinski definition) is 1. The number of carbonyl (C=O) groups excluding carboxylic acids is 3. The van der Waals surface area contributed by atoms with Gasteiger partial charge in [-0.3, -0.25) is 14.9 Å². The van der Waals surface area contributed by atoms with Crippen LogP contribution in [0.25, 0.3) is 6.08 Å². The molecule has 138 valence electrons. The van der Waals surface area contributed by atoms with Crippen LogP contribution in [-0.4, -0.2) is 31.9 Å². The number of barbiturate groups is 1. The van der Waals surface area contributed by atoms with Crippen molar-refractivity contribution in [3.63, 3.8) is 0 Å². The molecule has 0 unspecified atom stereocenters. The summed E-state index contributed by atoms with van der Waals surface area (Å²) < 4.78 is 1.64. The Kier molecular flexibility index (Phi) is 5.48. The topological polar surface area (TPSA) is 69.7 Å². The van der Waals surface area contributed by atoms with E-state index in [-0.39, 0.29) is 5.57 Å². The van der Waals surface area contributed by atoms with Gasteiger partial charge in [-0.25, -0.2) is 9.69 Å². The highest BCUT2D eigenvalue weighted by molar-refractivity contribution is 9.10. The van der Waals surface area contributed by atoms with E-state index in [2.05, 4.69) is 37.2 Å². The summed E-state index contributed by atoms with van der Waals surface area (Å²) in [6, 6.07) is 11.4. The van der Waals surface area contributed by atoms with Gasteiger partial charge in [-0.05, 0) is 64.0 Å². The van der Waals surface area contributed by atoms with Crippen LogP contribution < -0.4 is 15.1 Å². The number of amides is 4. The van der Waals surface area contributed by atoms with Crippen molar-refractivity contribution in [3.05, 3.63) is 62.5 Å². The lowest BCUT2D eigenvalue weighted by molar-refractivity contribution is -0.122. The molecule has 0 aliphatic carbocycles. The minimum Gasteiger partial charge on any atom is -0.377 e. The SMILES string of the molecule is CN(C)c1ccc(/C=C2\C(=O)NC(=O)N(c3ccc(Br)cc3)C2=O)cc1Br. The lowest BCUT2D eigenvalue weighted by Crippen LogP contribution is -2.54. The highest BCUT2D eigenvalue weighted by atomic mass is 79.9. The Morgan fingerprint density at radius 3 is 2.26 bits per heavy atom. The average Bonchev–Trinajstić information content (AvgIpc) is 2.60. The molecule has 0 saturated carbocycles. The van der Waals surface area contributed by atoms with Crippen molar-refractivity contribution < 1.29 is 14.4 Å². The molecular weight excluding hydrogens is 478 g/mol. The van der Waals surface area contributed by atoms with E-state index in [1.165, 1.54) is 6.08 Å². The summed E-state index contributed by atoms with van der Waals surface area (Å²) in [7, 11) is 3.83. The molecule has 8 heteroatoms. The standard InChI is InChI=1S/C19H15Br2N3O3/c1-23(2)16-8-3-11(10-15(16)21)9-14-17(25)22-19(27)24(18(14)26)13-6-4-12(20)5-7-13/h3-10H,1-2H3,(H,22,25,27)/b14-9+. The molecule has 1 heterocycles. The number of anilines is 2. The van der Waals surface area contributed by atoms with Gasteiger partial charge in [0.2, 0.25) is 0 Å². The molecule has 4 amide bonds. The van der Waals surface area contributed by atoms with Crippen molar-refractivity contribution in [2.75, 3.05) is 23.9 Å². The van der Waals surface area contributed by atoms with Crippen LogP contribution in [0, 0.1) is 0 Å². The molecule has 1 aliphatic rings. The zero-order valence-corrected chi connectivity index (χ0v) is 17.7. The second-order valence-electron chi connectivity index (χ2n) is 6.04. The predicted molar refractivity (Wildman–Crippen MR) is 112 cm³/mol. The Balaban J connectivity index is 1.99. The van der Waals surface area contributed by atoms with Gasteiger partial charge >= 0.3 is 6.03 Å². The molecule has 1 saturated heterocycles. The molecule has 1 N–H and O–H groups in total. The molecule has 2 aromatic carbocycles. The highest BCUT2D eigenvalue weighted by Crippen LogP contribution is 2.28. The third-order valence-corrected chi connectivity index (χ3v) is 5.11. The number of rotatable bonds is 3. The Bertz CT molecular complexity index is 969. The maximum absolute atomic E-state index is 12.8. The van der Waals surface area contributed by atoms with Crippen LogP contribution >= 0.6 is 31.9 Å². The molecule has 0 atom stereocenters. The normalized spacial score (nSPS) is 15.9. The van der Waals surface area contributed by atoms with Crippen molar-refractivity contribution in [1.29, 1.82) is 0 Å². The van der Waals surface area contributed by atoms with Crippen molar-refractivity contribution in [2.45, 2.75) is 0 Å². The fraction of sp³-hybridized carbons (Fsp3) is 0.105. The highest BCUT2D eigenvalue weighted by Gasteiger charge is 2.36. The summed E-state index contributed by atoms with van der Waals surface area (Å²) in [5, 5.41) is 2.21. The van der Waals surface area contributed by atoms with Gasteiger partial charge in [0.05, 0.1) is 11.4 Å². The van der Waals surface area contributed by atoms with Gasteiger partial charge in [-0.1, -0.05) is 22.0 Å². The molecule has 0 aromatic heterocycles. The first-order valence-corrected chi connectivity index (χ1v) is 9.50. The second-order valence-corrected chi connectivity index (χ2v) is 7.81. The van der Waals surface area contributed by atoms with Crippen molar-refractivity contribution >= 4 is 67.2 Å². The zero-order valence-electron chi connectivity index (χ0n) is 14.5. The van der Waals surface area contributed by atoms with E-state index in [4.69, 9.17) is 0 Å². The molecule has 0 radical (unpaired) electrons. The Hall–Kier alpha value is -2.45. The molecule has 1 fully saturated rings. The second kappa shape index (κ2) is 7.66. The number of nitrogens with zero attached hydrogens (tertiary/aromatic N) is 2. The van der Waals surface area contributed by atoms with E-state index >= 15 is 0 Å². The molecule has 27 heavy (non-hydrogen) atoms. The largest absolute Gasteiger partial charge is 0.377 e. The average molecular weight is 493 g/mol. The number of nitrogens with one attached hydrogen (secondary N) is 1. The molecule has 0 spiro atoms. The molecular formula is C19H15Br2N3O3. The smallest absolute Gasteiger partial charge is 0.335 e. The number of carbonyl (C=O) groups is 3. The van der Waals surface area contributed by atoms with Gasteiger partial charge in [-0.15, -0.1) is 0 Å². The van der Waals surface area contributed by atoms with Gasteiger partial charge in [0.25, 0.3) is 11.8 Å². The van der Waals surface area contributed by atoms with Gasteiger partial charge in [0.1, 0.15) is 5.57 Å². The van der Waals surface area contributed by atoms with Crippen molar-refractivity contribution in [1.82, 2.24) is 5.32 Å². The molecule has 1 aliphatic heterocycles. The molecule has 0 bridgehead atoms. The maximum Gasteiger partial charge on any atom is 0.335 e. The van der Waals surface area contributed by atoms with Crippen LogP contribution in [-0.2, 0) is 9.59 Å². The predicted octanol–water partition coefficient (Wildman–Crippen LogP) is 3.94. The minimum absolute atomic E-state index is 0.109. The Labute approximate surface area is 173 Å².